The van der Waals surface area contributed by atoms with Crippen molar-refractivity contribution in [1.82, 2.24) is 15.6 Å². The van der Waals surface area contributed by atoms with E-state index in [9.17, 15) is 9.59 Å². The number of nitrogens with zero attached hydrogens (tertiary/aromatic N) is 1. The molecule has 104 valence electrons. The molecule has 1 aliphatic carbocycles. The molecule has 1 heterocycles. The molecule has 2 amide bonds. The number of amides is 2. The number of carbonyl (C=O) groups excluding carboxylic acids is 1. The second kappa shape index (κ2) is 6.51. The van der Waals surface area contributed by atoms with Crippen molar-refractivity contribution in [3.8, 4) is 0 Å². The maximum absolute atomic E-state index is 11.7. The van der Waals surface area contributed by atoms with Gasteiger partial charge in [0.25, 0.3) is 0 Å². The third kappa shape index (κ3) is 3.92. The van der Waals surface area contributed by atoms with Crippen molar-refractivity contribution in [1.29, 1.82) is 0 Å². The van der Waals surface area contributed by atoms with Crippen LogP contribution in [0, 0.1) is 5.92 Å². The number of carboxylic acids is 1. The zero-order valence-electron chi connectivity index (χ0n) is 10.5. The molecule has 2 rings (SSSR count). The van der Waals surface area contributed by atoms with Gasteiger partial charge in [-0.1, -0.05) is 6.42 Å². The van der Waals surface area contributed by atoms with Gasteiger partial charge in [-0.15, -0.1) is 11.3 Å². The highest BCUT2D eigenvalue weighted by molar-refractivity contribution is 7.09. The van der Waals surface area contributed by atoms with E-state index in [4.69, 9.17) is 5.11 Å². The Labute approximate surface area is 115 Å². The number of hydrogen-bond donors (Lipinski definition) is 3. The van der Waals surface area contributed by atoms with Gasteiger partial charge in [0.15, 0.2) is 0 Å². The summed E-state index contributed by atoms with van der Waals surface area (Å²) in [4.78, 5) is 26.8. The lowest BCUT2D eigenvalue weighted by Gasteiger charge is -2.17. The van der Waals surface area contributed by atoms with Gasteiger partial charge in [0, 0.05) is 30.6 Å². The van der Waals surface area contributed by atoms with Gasteiger partial charge in [0.05, 0.1) is 10.9 Å². The van der Waals surface area contributed by atoms with E-state index in [1.807, 2.05) is 5.38 Å². The minimum Gasteiger partial charge on any atom is -0.481 e. The molecule has 1 fully saturated rings. The standard InChI is InChI=1S/C12H17N3O3S/c16-11(17)8-2-1-3-9(8)15-12(18)14-5-4-10-13-6-7-19-10/h6-9H,1-5H2,(H,16,17)(H2,14,15,18). The zero-order chi connectivity index (χ0) is 13.7. The molecule has 1 saturated carbocycles. The number of nitrogens with one attached hydrogen (secondary N) is 2. The summed E-state index contributed by atoms with van der Waals surface area (Å²) >= 11 is 1.55. The van der Waals surface area contributed by atoms with E-state index < -0.39 is 11.9 Å². The minimum atomic E-state index is -0.828. The first-order chi connectivity index (χ1) is 9.16. The van der Waals surface area contributed by atoms with Crippen LogP contribution < -0.4 is 10.6 Å². The lowest BCUT2D eigenvalue weighted by atomic mass is 10.0. The Morgan fingerprint density at radius 2 is 2.32 bits per heavy atom. The number of thiazole rings is 1. The van der Waals surface area contributed by atoms with E-state index in [0.717, 1.165) is 17.8 Å². The molecule has 0 spiro atoms. The van der Waals surface area contributed by atoms with Crippen LogP contribution in [0.25, 0.3) is 0 Å². The topological polar surface area (TPSA) is 91.3 Å². The summed E-state index contributed by atoms with van der Waals surface area (Å²) in [6.07, 6.45) is 4.64. The molecular weight excluding hydrogens is 266 g/mol. The normalized spacial score (nSPS) is 22.1. The summed E-state index contributed by atoms with van der Waals surface area (Å²) in [5.41, 5.74) is 0. The average molecular weight is 283 g/mol. The fraction of sp³-hybridized carbons (Fsp3) is 0.583. The number of hydrogen-bond acceptors (Lipinski definition) is 4. The third-order valence-corrected chi connectivity index (χ3v) is 4.10. The number of aliphatic carboxylic acids is 1. The van der Waals surface area contributed by atoms with Crippen LogP contribution in [0.2, 0.25) is 0 Å². The molecule has 2 atom stereocenters. The summed E-state index contributed by atoms with van der Waals surface area (Å²) in [6, 6.07) is -0.549. The predicted octanol–water partition coefficient (Wildman–Crippen LogP) is 1.24. The van der Waals surface area contributed by atoms with Crippen LogP contribution in [-0.2, 0) is 11.2 Å². The van der Waals surface area contributed by atoms with Gasteiger partial charge in [-0.3, -0.25) is 4.79 Å². The average Bonchev–Trinajstić information content (AvgIpc) is 2.99. The maximum atomic E-state index is 11.7. The van der Waals surface area contributed by atoms with Crippen LogP contribution in [0.3, 0.4) is 0 Å². The van der Waals surface area contributed by atoms with E-state index in [1.165, 1.54) is 0 Å². The fourth-order valence-electron chi connectivity index (χ4n) is 2.31. The van der Waals surface area contributed by atoms with Gasteiger partial charge in [-0.25, -0.2) is 9.78 Å². The minimum absolute atomic E-state index is 0.252. The summed E-state index contributed by atoms with van der Waals surface area (Å²) in [5.74, 6) is -1.28. The van der Waals surface area contributed by atoms with Gasteiger partial charge in [-0.2, -0.15) is 0 Å². The highest BCUT2D eigenvalue weighted by atomic mass is 32.1. The Bertz CT molecular complexity index is 435. The summed E-state index contributed by atoms with van der Waals surface area (Å²) in [7, 11) is 0. The van der Waals surface area contributed by atoms with E-state index in [0.29, 0.717) is 19.4 Å². The molecule has 6 nitrogen and oxygen atoms in total. The van der Waals surface area contributed by atoms with Gasteiger partial charge in [0.2, 0.25) is 0 Å². The molecule has 0 aromatic carbocycles. The van der Waals surface area contributed by atoms with Gasteiger partial charge in [-0.05, 0) is 12.8 Å². The Kier molecular flexibility index (Phi) is 4.73. The third-order valence-electron chi connectivity index (χ3n) is 3.26. The van der Waals surface area contributed by atoms with Crippen LogP contribution in [0.15, 0.2) is 11.6 Å². The molecule has 2 unspecified atom stereocenters. The number of rotatable bonds is 5. The largest absolute Gasteiger partial charge is 0.481 e. The molecule has 0 radical (unpaired) electrons. The zero-order valence-corrected chi connectivity index (χ0v) is 11.3. The number of carbonyl (C=O) groups is 2. The Balaban J connectivity index is 1.70. The quantitative estimate of drug-likeness (QED) is 0.758. The maximum Gasteiger partial charge on any atom is 0.315 e. The summed E-state index contributed by atoms with van der Waals surface area (Å²) in [6.45, 7) is 0.504. The van der Waals surface area contributed by atoms with Crippen LogP contribution in [0.1, 0.15) is 24.3 Å². The van der Waals surface area contributed by atoms with Gasteiger partial charge < -0.3 is 15.7 Å². The van der Waals surface area contributed by atoms with E-state index in [1.54, 1.807) is 17.5 Å². The second-order valence-electron chi connectivity index (χ2n) is 4.56. The Morgan fingerprint density at radius 1 is 1.47 bits per heavy atom. The molecule has 1 aliphatic rings. The smallest absolute Gasteiger partial charge is 0.315 e. The van der Waals surface area contributed by atoms with Crippen molar-refractivity contribution in [2.45, 2.75) is 31.7 Å². The molecule has 0 aliphatic heterocycles. The van der Waals surface area contributed by atoms with Gasteiger partial charge in [0.1, 0.15) is 0 Å². The van der Waals surface area contributed by atoms with Crippen molar-refractivity contribution in [3.05, 3.63) is 16.6 Å². The number of aromatic nitrogens is 1. The van der Waals surface area contributed by atoms with E-state index in [2.05, 4.69) is 15.6 Å². The van der Waals surface area contributed by atoms with E-state index in [-0.39, 0.29) is 12.1 Å². The van der Waals surface area contributed by atoms with Crippen LogP contribution in [0.4, 0.5) is 4.79 Å². The molecule has 1 aromatic rings. The van der Waals surface area contributed by atoms with Crippen molar-refractivity contribution >= 4 is 23.3 Å². The van der Waals surface area contributed by atoms with Crippen LogP contribution in [0.5, 0.6) is 0 Å². The molecule has 0 saturated heterocycles. The lowest BCUT2D eigenvalue weighted by Crippen LogP contribution is -2.45. The fourth-order valence-corrected chi connectivity index (χ4v) is 2.93. The first kappa shape index (κ1) is 13.8. The van der Waals surface area contributed by atoms with Crippen molar-refractivity contribution in [3.63, 3.8) is 0 Å². The molecule has 0 bridgehead atoms. The van der Waals surface area contributed by atoms with Crippen molar-refractivity contribution in [2.24, 2.45) is 5.92 Å². The summed E-state index contributed by atoms with van der Waals surface area (Å²) < 4.78 is 0. The first-order valence-corrected chi connectivity index (χ1v) is 7.20. The van der Waals surface area contributed by atoms with Crippen LogP contribution in [-0.4, -0.2) is 34.7 Å². The Hall–Kier alpha value is -1.63. The molecule has 7 heteroatoms. The van der Waals surface area contributed by atoms with Crippen molar-refractivity contribution < 1.29 is 14.7 Å². The van der Waals surface area contributed by atoms with Gasteiger partial charge >= 0.3 is 12.0 Å². The molecule has 1 aromatic heterocycles. The molecule has 3 N–H and O–H groups in total. The monoisotopic (exact) mass is 283 g/mol. The van der Waals surface area contributed by atoms with Crippen molar-refractivity contribution in [2.75, 3.05) is 6.54 Å². The SMILES string of the molecule is O=C(NCCc1nccs1)NC1CCCC1C(=O)O. The highest BCUT2D eigenvalue weighted by Gasteiger charge is 2.33. The second-order valence-corrected chi connectivity index (χ2v) is 5.54. The number of carboxylic acid groups (broad SMARTS) is 1. The highest BCUT2D eigenvalue weighted by Crippen LogP contribution is 2.25. The van der Waals surface area contributed by atoms with Crippen LogP contribution >= 0.6 is 11.3 Å². The van der Waals surface area contributed by atoms with E-state index >= 15 is 0 Å². The molecule has 19 heavy (non-hydrogen) atoms. The summed E-state index contributed by atoms with van der Waals surface area (Å²) in [5, 5.41) is 17.4. The predicted molar refractivity (Wildman–Crippen MR) is 71.1 cm³/mol. The molecular formula is C12H17N3O3S. The number of urea groups is 1. The first-order valence-electron chi connectivity index (χ1n) is 6.32. The lowest BCUT2D eigenvalue weighted by molar-refractivity contribution is -0.142. The Morgan fingerprint density at radius 3 is 3.00 bits per heavy atom.